The molecule has 0 amide bonds. The van der Waals surface area contributed by atoms with Gasteiger partial charge in [0, 0.05) is 6.04 Å². The Bertz CT molecular complexity index is 361. The van der Waals surface area contributed by atoms with Crippen molar-refractivity contribution < 1.29 is 8.78 Å². The summed E-state index contributed by atoms with van der Waals surface area (Å²) < 4.78 is 26.9. The molecule has 1 heterocycles. The summed E-state index contributed by atoms with van der Waals surface area (Å²) in [6.45, 7) is 2.02. The van der Waals surface area contributed by atoms with Crippen molar-refractivity contribution in [3.8, 4) is 0 Å². The third-order valence-electron chi connectivity index (χ3n) is 3.26. The summed E-state index contributed by atoms with van der Waals surface area (Å²) in [4.78, 5) is 2.25. The van der Waals surface area contributed by atoms with Crippen LogP contribution in [0.25, 0.3) is 0 Å². The summed E-state index contributed by atoms with van der Waals surface area (Å²) in [5.41, 5.74) is 0.0158. The van der Waals surface area contributed by atoms with Gasteiger partial charge in [-0.1, -0.05) is 6.07 Å². The molecule has 0 bridgehead atoms. The summed E-state index contributed by atoms with van der Waals surface area (Å²) in [5, 5.41) is 3.00. The molecule has 17 heavy (non-hydrogen) atoms. The SMILES string of the molecule is CN1CCCC(Nc2c(F)cccc2F)CC1. The van der Waals surface area contributed by atoms with Crippen molar-refractivity contribution in [3.05, 3.63) is 29.8 Å². The van der Waals surface area contributed by atoms with Gasteiger partial charge in [-0.25, -0.2) is 8.78 Å². The molecule has 1 fully saturated rings. The molecule has 0 spiro atoms. The number of hydrogen-bond donors (Lipinski definition) is 1. The van der Waals surface area contributed by atoms with Crippen molar-refractivity contribution >= 4 is 5.69 Å². The Morgan fingerprint density at radius 1 is 1.18 bits per heavy atom. The Morgan fingerprint density at radius 3 is 2.59 bits per heavy atom. The van der Waals surface area contributed by atoms with Crippen molar-refractivity contribution in [2.75, 3.05) is 25.5 Å². The van der Waals surface area contributed by atoms with Crippen LogP contribution in [0.3, 0.4) is 0 Å². The summed E-state index contributed by atoms with van der Waals surface area (Å²) in [6.07, 6.45) is 2.94. The van der Waals surface area contributed by atoms with E-state index in [0.717, 1.165) is 32.4 Å². The molecule has 1 saturated heterocycles. The molecule has 0 aliphatic carbocycles. The second-order valence-electron chi connectivity index (χ2n) is 4.67. The molecule has 94 valence electrons. The number of hydrogen-bond acceptors (Lipinski definition) is 2. The van der Waals surface area contributed by atoms with E-state index in [9.17, 15) is 8.78 Å². The van der Waals surface area contributed by atoms with Crippen LogP contribution in [0.1, 0.15) is 19.3 Å². The highest BCUT2D eigenvalue weighted by Crippen LogP contribution is 2.22. The highest BCUT2D eigenvalue weighted by Gasteiger charge is 2.17. The minimum Gasteiger partial charge on any atom is -0.378 e. The van der Waals surface area contributed by atoms with Crippen LogP contribution in [0, 0.1) is 11.6 Å². The van der Waals surface area contributed by atoms with E-state index < -0.39 is 11.6 Å². The molecular weight excluding hydrogens is 222 g/mol. The molecule has 1 aliphatic heterocycles. The van der Waals surface area contributed by atoms with Crippen molar-refractivity contribution in [2.24, 2.45) is 0 Å². The maximum absolute atomic E-state index is 13.5. The minimum atomic E-state index is -0.511. The Hall–Kier alpha value is -1.16. The third kappa shape index (κ3) is 3.16. The van der Waals surface area contributed by atoms with Crippen LogP contribution >= 0.6 is 0 Å². The number of benzene rings is 1. The highest BCUT2D eigenvalue weighted by molar-refractivity contribution is 5.46. The van der Waals surface area contributed by atoms with Gasteiger partial charge in [0.05, 0.1) is 0 Å². The maximum atomic E-state index is 13.5. The van der Waals surface area contributed by atoms with E-state index >= 15 is 0 Å². The van der Waals surface area contributed by atoms with E-state index in [2.05, 4.69) is 17.3 Å². The first kappa shape index (κ1) is 12.3. The molecule has 2 nitrogen and oxygen atoms in total. The van der Waals surface area contributed by atoms with Gasteiger partial charge in [-0.05, 0) is 51.5 Å². The van der Waals surface area contributed by atoms with Gasteiger partial charge >= 0.3 is 0 Å². The van der Waals surface area contributed by atoms with Gasteiger partial charge in [-0.3, -0.25) is 0 Å². The van der Waals surface area contributed by atoms with Crippen LogP contribution in [-0.2, 0) is 0 Å². The lowest BCUT2D eigenvalue weighted by Gasteiger charge is -2.18. The zero-order valence-corrected chi connectivity index (χ0v) is 10.0. The smallest absolute Gasteiger partial charge is 0.149 e. The molecule has 1 atom stereocenters. The molecule has 1 unspecified atom stereocenters. The third-order valence-corrected chi connectivity index (χ3v) is 3.26. The molecule has 4 heteroatoms. The van der Waals surface area contributed by atoms with E-state index in [1.54, 1.807) is 0 Å². The fraction of sp³-hybridized carbons (Fsp3) is 0.538. The van der Waals surface area contributed by atoms with Gasteiger partial charge in [-0.15, -0.1) is 0 Å². The average molecular weight is 240 g/mol. The number of rotatable bonds is 2. The van der Waals surface area contributed by atoms with Gasteiger partial charge < -0.3 is 10.2 Å². The predicted molar refractivity (Wildman–Crippen MR) is 65.1 cm³/mol. The quantitative estimate of drug-likeness (QED) is 0.855. The Morgan fingerprint density at radius 2 is 1.88 bits per heavy atom. The number of likely N-dealkylation sites (tertiary alicyclic amines) is 1. The van der Waals surface area contributed by atoms with Crippen LogP contribution in [0.15, 0.2) is 18.2 Å². The summed E-state index contributed by atoms with van der Waals surface area (Å²) in [6, 6.07) is 4.12. The van der Waals surface area contributed by atoms with E-state index in [4.69, 9.17) is 0 Å². The lowest BCUT2D eigenvalue weighted by atomic mass is 10.1. The summed E-state index contributed by atoms with van der Waals surface area (Å²) in [5.74, 6) is -1.02. The normalized spacial score (nSPS) is 22.2. The molecule has 2 rings (SSSR count). The molecule has 1 N–H and O–H groups in total. The topological polar surface area (TPSA) is 15.3 Å². The second-order valence-corrected chi connectivity index (χ2v) is 4.67. The van der Waals surface area contributed by atoms with E-state index in [-0.39, 0.29) is 11.7 Å². The van der Waals surface area contributed by atoms with Gasteiger partial charge in [0.1, 0.15) is 17.3 Å². The molecular formula is C13H18F2N2. The summed E-state index contributed by atoms with van der Waals surface area (Å²) >= 11 is 0. The maximum Gasteiger partial charge on any atom is 0.149 e. The Balaban J connectivity index is 2.05. The molecule has 1 aliphatic rings. The van der Waals surface area contributed by atoms with E-state index in [0.29, 0.717) is 0 Å². The van der Waals surface area contributed by atoms with E-state index in [1.807, 2.05) is 0 Å². The zero-order chi connectivity index (χ0) is 12.3. The number of halogens is 2. The molecule has 1 aromatic carbocycles. The fourth-order valence-electron chi connectivity index (χ4n) is 2.22. The van der Waals surface area contributed by atoms with Crippen LogP contribution in [0.5, 0.6) is 0 Å². The van der Waals surface area contributed by atoms with Gasteiger partial charge in [0.15, 0.2) is 0 Å². The Labute approximate surface area is 101 Å². The minimum absolute atomic E-state index is 0.0158. The number of para-hydroxylation sites is 1. The highest BCUT2D eigenvalue weighted by atomic mass is 19.1. The largest absolute Gasteiger partial charge is 0.378 e. The van der Waals surface area contributed by atoms with Crippen molar-refractivity contribution in [3.63, 3.8) is 0 Å². The Kier molecular flexibility index (Phi) is 3.94. The van der Waals surface area contributed by atoms with E-state index in [1.165, 1.54) is 18.2 Å². The van der Waals surface area contributed by atoms with Gasteiger partial charge in [0.25, 0.3) is 0 Å². The summed E-state index contributed by atoms with van der Waals surface area (Å²) in [7, 11) is 2.08. The molecule has 1 aromatic rings. The number of nitrogens with one attached hydrogen (secondary N) is 1. The van der Waals surface area contributed by atoms with Gasteiger partial charge in [-0.2, -0.15) is 0 Å². The van der Waals surface area contributed by atoms with Crippen LogP contribution in [0.4, 0.5) is 14.5 Å². The number of nitrogens with zero attached hydrogens (tertiary/aromatic N) is 1. The standard InChI is InChI=1S/C13H18F2N2/c1-17-8-3-4-10(7-9-17)16-13-11(14)5-2-6-12(13)15/h2,5-6,10,16H,3-4,7-9H2,1H3. The zero-order valence-electron chi connectivity index (χ0n) is 10.0. The predicted octanol–water partition coefficient (Wildman–Crippen LogP) is 2.86. The average Bonchev–Trinajstić information content (AvgIpc) is 2.49. The van der Waals surface area contributed by atoms with Crippen LogP contribution < -0.4 is 5.32 Å². The van der Waals surface area contributed by atoms with Crippen LogP contribution in [0.2, 0.25) is 0 Å². The van der Waals surface area contributed by atoms with Crippen LogP contribution in [-0.4, -0.2) is 31.1 Å². The fourth-order valence-corrected chi connectivity index (χ4v) is 2.22. The monoisotopic (exact) mass is 240 g/mol. The second kappa shape index (κ2) is 5.45. The van der Waals surface area contributed by atoms with Crippen molar-refractivity contribution in [1.29, 1.82) is 0 Å². The molecule has 0 aromatic heterocycles. The first-order valence-corrected chi connectivity index (χ1v) is 6.06. The number of anilines is 1. The molecule has 0 saturated carbocycles. The lowest BCUT2D eigenvalue weighted by Crippen LogP contribution is -2.23. The van der Waals surface area contributed by atoms with Crippen molar-refractivity contribution in [2.45, 2.75) is 25.3 Å². The first-order chi connectivity index (χ1) is 8.16. The van der Waals surface area contributed by atoms with Crippen molar-refractivity contribution in [1.82, 2.24) is 4.90 Å². The lowest BCUT2D eigenvalue weighted by molar-refractivity contribution is 0.348. The first-order valence-electron chi connectivity index (χ1n) is 6.06. The molecule has 0 radical (unpaired) electrons. The van der Waals surface area contributed by atoms with Gasteiger partial charge in [0.2, 0.25) is 0 Å².